The highest BCUT2D eigenvalue weighted by Crippen LogP contribution is 2.15. The zero-order valence-electron chi connectivity index (χ0n) is 11.8. The Morgan fingerprint density at radius 2 is 2.37 bits per heavy atom. The largest absolute Gasteiger partial charge is 0.383 e. The molecule has 1 fully saturated rings. The van der Waals surface area contributed by atoms with Crippen molar-refractivity contribution >= 4 is 5.91 Å². The number of terminal acetylenes is 1. The lowest BCUT2D eigenvalue weighted by Gasteiger charge is -2.35. The van der Waals surface area contributed by atoms with E-state index in [-0.39, 0.29) is 5.91 Å². The number of likely N-dealkylation sites (tertiary alicyclic amines) is 1. The van der Waals surface area contributed by atoms with Crippen molar-refractivity contribution < 1.29 is 9.53 Å². The van der Waals surface area contributed by atoms with E-state index >= 15 is 0 Å². The number of nitrogens with one attached hydrogen (secondary N) is 2. The van der Waals surface area contributed by atoms with E-state index in [9.17, 15) is 4.79 Å². The molecular weight excluding hydrogens is 242 g/mol. The van der Waals surface area contributed by atoms with Gasteiger partial charge in [0.15, 0.2) is 0 Å². The molecule has 0 spiro atoms. The molecular formula is C14H25N3O2. The van der Waals surface area contributed by atoms with Gasteiger partial charge in [-0.25, -0.2) is 0 Å². The van der Waals surface area contributed by atoms with Crippen LogP contribution in [0.5, 0.6) is 0 Å². The molecule has 1 aliphatic heterocycles. The number of carbonyl (C=O) groups excluding carboxylic acids is 1. The molecule has 2 N–H and O–H groups in total. The average molecular weight is 267 g/mol. The summed E-state index contributed by atoms with van der Waals surface area (Å²) in [6, 6.07) is 0.433. The third kappa shape index (κ3) is 6.58. The van der Waals surface area contributed by atoms with Gasteiger partial charge in [0.05, 0.1) is 19.7 Å². The zero-order valence-corrected chi connectivity index (χ0v) is 11.8. The van der Waals surface area contributed by atoms with Crippen molar-refractivity contribution in [1.29, 1.82) is 0 Å². The van der Waals surface area contributed by atoms with Crippen molar-refractivity contribution in [2.45, 2.75) is 25.3 Å². The number of methoxy groups -OCH3 is 1. The predicted molar refractivity (Wildman–Crippen MR) is 75.8 cm³/mol. The molecule has 0 aromatic rings. The van der Waals surface area contributed by atoms with Crippen LogP contribution < -0.4 is 10.6 Å². The van der Waals surface area contributed by atoms with Gasteiger partial charge in [-0.1, -0.05) is 12.3 Å². The van der Waals surface area contributed by atoms with Gasteiger partial charge in [0, 0.05) is 26.2 Å². The highest BCUT2D eigenvalue weighted by atomic mass is 16.5. The van der Waals surface area contributed by atoms with E-state index in [1.54, 1.807) is 7.11 Å². The second-order valence-electron chi connectivity index (χ2n) is 4.80. The number of amides is 1. The van der Waals surface area contributed by atoms with Crippen LogP contribution in [-0.2, 0) is 9.53 Å². The summed E-state index contributed by atoms with van der Waals surface area (Å²) >= 11 is 0. The molecule has 19 heavy (non-hydrogen) atoms. The zero-order chi connectivity index (χ0) is 13.9. The van der Waals surface area contributed by atoms with E-state index in [4.69, 9.17) is 11.2 Å². The van der Waals surface area contributed by atoms with Gasteiger partial charge in [-0.2, -0.15) is 0 Å². The quantitative estimate of drug-likeness (QED) is 0.473. The Kier molecular flexibility index (Phi) is 8.23. The normalized spacial score (nSPS) is 19.9. The monoisotopic (exact) mass is 267 g/mol. The van der Waals surface area contributed by atoms with Crippen molar-refractivity contribution in [2.24, 2.45) is 0 Å². The first kappa shape index (κ1) is 16.0. The van der Waals surface area contributed by atoms with Gasteiger partial charge in [0.1, 0.15) is 0 Å². The van der Waals surface area contributed by atoms with Gasteiger partial charge in [-0.15, -0.1) is 6.42 Å². The first-order chi connectivity index (χ1) is 9.27. The van der Waals surface area contributed by atoms with Crippen molar-refractivity contribution in [3.63, 3.8) is 0 Å². The molecule has 1 saturated heterocycles. The summed E-state index contributed by atoms with van der Waals surface area (Å²) in [4.78, 5) is 13.9. The topological polar surface area (TPSA) is 53.6 Å². The van der Waals surface area contributed by atoms with Gasteiger partial charge in [0.2, 0.25) is 5.91 Å². The summed E-state index contributed by atoms with van der Waals surface area (Å²) in [6.07, 6.45) is 8.67. The standard InChI is InChI=1S/C14H25N3O2/c1-3-7-16-14(18)12-17-9-5-4-6-13(17)11-15-8-10-19-2/h1,13,15H,4-12H2,2H3,(H,16,18). The van der Waals surface area contributed by atoms with E-state index < -0.39 is 0 Å². The van der Waals surface area contributed by atoms with Crippen LogP contribution in [0, 0.1) is 12.3 Å². The van der Waals surface area contributed by atoms with Crippen LogP contribution in [0.25, 0.3) is 0 Å². The minimum atomic E-state index is 0.0155. The van der Waals surface area contributed by atoms with Crippen LogP contribution in [0.1, 0.15) is 19.3 Å². The average Bonchev–Trinajstić information content (AvgIpc) is 2.43. The Morgan fingerprint density at radius 3 is 3.11 bits per heavy atom. The van der Waals surface area contributed by atoms with Gasteiger partial charge in [0.25, 0.3) is 0 Å². The van der Waals surface area contributed by atoms with Gasteiger partial charge in [-0.3, -0.25) is 9.69 Å². The van der Waals surface area contributed by atoms with E-state index in [1.807, 2.05) is 0 Å². The number of ether oxygens (including phenoxy) is 1. The number of piperidine rings is 1. The Balaban J connectivity index is 2.31. The fourth-order valence-corrected chi connectivity index (χ4v) is 2.33. The molecule has 0 saturated carbocycles. The Bertz CT molecular complexity index is 302. The molecule has 1 rings (SSSR count). The maximum absolute atomic E-state index is 11.7. The number of nitrogens with zero attached hydrogens (tertiary/aromatic N) is 1. The number of rotatable bonds is 8. The molecule has 0 aliphatic carbocycles. The molecule has 1 amide bonds. The Morgan fingerprint density at radius 1 is 1.53 bits per heavy atom. The van der Waals surface area contributed by atoms with Crippen LogP contribution in [0.2, 0.25) is 0 Å². The lowest BCUT2D eigenvalue weighted by atomic mass is 10.0. The molecule has 1 unspecified atom stereocenters. The van der Waals surface area contributed by atoms with Gasteiger partial charge < -0.3 is 15.4 Å². The molecule has 0 radical (unpaired) electrons. The van der Waals surface area contributed by atoms with Crippen LogP contribution in [0.4, 0.5) is 0 Å². The maximum Gasteiger partial charge on any atom is 0.234 e. The molecule has 1 heterocycles. The van der Waals surface area contributed by atoms with E-state index in [1.165, 1.54) is 6.42 Å². The summed E-state index contributed by atoms with van der Waals surface area (Å²) < 4.78 is 5.01. The first-order valence-corrected chi connectivity index (χ1v) is 6.91. The maximum atomic E-state index is 11.7. The van der Waals surface area contributed by atoms with E-state index in [2.05, 4.69) is 21.5 Å². The molecule has 0 aromatic heterocycles. The molecule has 108 valence electrons. The van der Waals surface area contributed by atoms with Crippen molar-refractivity contribution in [2.75, 3.05) is 46.4 Å². The van der Waals surface area contributed by atoms with Crippen LogP contribution in [0.3, 0.4) is 0 Å². The Hall–Kier alpha value is -1.09. The summed E-state index contributed by atoms with van der Waals surface area (Å²) in [5, 5.41) is 6.09. The summed E-state index contributed by atoms with van der Waals surface area (Å²) in [7, 11) is 1.70. The fourth-order valence-electron chi connectivity index (χ4n) is 2.33. The summed E-state index contributed by atoms with van der Waals surface area (Å²) in [5.74, 6) is 2.43. The smallest absolute Gasteiger partial charge is 0.234 e. The van der Waals surface area contributed by atoms with Gasteiger partial charge in [-0.05, 0) is 19.4 Å². The summed E-state index contributed by atoms with van der Waals surface area (Å²) in [5.41, 5.74) is 0. The second kappa shape index (κ2) is 9.79. The highest BCUT2D eigenvalue weighted by Gasteiger charge is 2.23. The molecule has 5 heteroatoms. The third-order valence-electron chi connectivity index (χ3n) is 3.35. The van der Waals surface area contributed by atoms with Crippen molar-refractivity contribution in [3.05, 3.63) is 0 Å². The SMILES string of the molecule is C#CCNC(=O)CN1CCCCC1CNCCOC. The minimum Gasteiger partial charge on any atom is -0.383 e. The molecule has 1 aliphatic rings. The Labute approximate surface area is 116 Å². The van der Waals surface area contributed by atoms with Crippen LogP contribution in [-0.4, -0.2) is 63.3 Å². The first-order valence-electron chi connectivity index (χ1n) is 6.91. The van der Waals surface area contributed by atoms with Crippen LogP contribution >= 0.6 is 0 Å². The van der Waals surface area contributed by atoms with E-state index in [0.29, 0.717) is 19.1 Å². The summed E-state index contributed by atoms with van der Waals surface area (Å²) in [6.45, 7) is 4.22. The lowest BCUT2D eigenvalue weighted by Crippen LogP contribution is -2.49. The number of hydrogen-bond donors (Lipinski definition) is 2. The van der Waals surface area contributed by atoms with Crippen molar-refractivity contribution in [1.82, 2.24) is 15.5 Å². The molecule has 0 bridgehead atoms. The second-order valence-corrected chi connectivity index (χ2v) is 4.80. The minimum absolute atomic E-state index is 0.0155. The van der Waals surface area contributed by atoms with Crippen LogP contribution in [0.15, 0.2) is 0 Å². The molecule has 5 nitrogen and oxygen atoms in total. The predicted octanol–water partition coefficient (Wildman–Crippen LogP) is -0.174. The lowest BCUT2D eigenvalue weighted by molar-refractivity contribution is -0.122. The molecule has 0 aromatic carbocycles. The number of carbonyl (C=O) groups is 1. The molecule has 1 atom stereocenters. The fraction of sp³-hybridized carbons (Fsp3) is 0.786. The van der Waals surface area contributed by atoms with Gasteiger partial charge >= 0.3 is 0 Å². The number of hydrogen-bond acceptors (Lipinski definition) is 4. The van der Waals surface area contributed by atoms with Crippen molar-refractivity contribution in [3.8, 4) is 12.3 Å². The van der Waals surface area contributed by atoms with E-state index in [0.717, 1.165) is 39.1 Å². The third-order valence-corrected chi connectivity index (χ3v) is 3.35. The highest BCUT2D eigenvalue weighted by molar-refractivity contribution is 5.78.